The van der Waals surface area contributed by atoms with Gasteiger partial charge < -0.3 is 13.9 Å². The van der Waals surface area contributed by atoms with E-state index in [1.54, 1.807) is 0 Å². The Morgan fingerprint density at radius 1 is 0.413 bits per heavy atom. The summed E-state index contributed by atoms with van der Waals surface area (Å²) in [6, 6.07) is 50.6. The summed E-state index contributed by atoms with van der Waals surface area (Å²) in [6.07, 6.45) is 10.2. The van der Waals surface area contributed by atoms with Gasteiger partial charge in [0.1, 0.15) is 28.8 Å². The molecule has 15 rings (SSSR count). The van der Waals surface area contributed by atoms with E-state index in [0.29, 0.717) is 0 Å². The fourth-order valence-electron chi connectivity index (χ4n) is 12.6. The lowest BCUT2D eigenvalue weighted by Crippen LogP contribution is -2.58. The molecular weight excluding hydrogens is 958 g/mol. The van der Waals surface area contributed by atoms with Gasteiger partial charge in [0, 0.05) is 59.7 Å². The Morgan fingerprint density at radius 2 is 0.907 bits per heavy atom. The van der Waals surface area contributed by atoms with Crippen LogP contribution in [0.15, 0.2) is 195 Å². The molecule has 0 aliphatic carbocycles. The lowest BCUT2D eigenvalue weighted by molar-refractivity contribution is 0.464. The molecule has 0 amide bonds. The van der Waals surface area contributed by atoms with Crippen molar-refractivity contribution in [1.29, 1.82) is 0 Å². The van der Waals surface area contributed by atoms with Gasteiger partial charge in [0.15, 0.2) is 0 Å². The van der Waals surface area contributed by atoms with E-state index < -0.39 is 0 Å². The van der Waals surface area contributed by atoms with Gasteiger partial charge in [-0.2, -0.15) is 10.2 Å². The van der Waals surface area contributed by atoms with Crippen LogP contribution in [0, 0.1) is 41.5 Å². The molecule has 3 aromatic heterocycles. The van der Waals surface area contributed by atoms with Crippen LogP contribution in [0.5, 0.6) is 23.0 Å². The van der Waals surface area contributed by atoms with Crippen LogP contribution in [0.4, 0.5) is 0 Å². The number of fused-ring (bicyclic) bond motifs is 8. The second kappa shape index (κ2) is 16.7. The Bertz CT molecular complexity index is 3920. The third kappa shape index (κ3) is 7.08. The summed E-state index contributed by atoms with van der Waals surface area (Å²) in [6.45, 7) is 13.0. The van der Waals surface area contributed by atoms with E-state index >= 15 is 0 Å². The zero-order chi connectivity index (χ0) is 50.4. The minimum atomic E-state index is -0.133. The summed E-state index contributed by atoms with van der Waals surface area (Å²) in [5.41, 5.74) is 24.5. The molecule has 7 nitrogen and oxygen atoms in total. The topological polar surface area (TPSA) is 67.2 Å². The summed E-state index contributed by atoms with van der Waals surface area (Å²) in [7, 11) is 0. The average Bonchev–Trinajstić information content (AvgIpc) is 4.22. The molecule has 0 unspecified atom stereocenters. The third-order valence-electron chi connectivity index (χ3n) is 15.6. The molecule has 358 valence electrons. The summed E-state index contributed by atoms with van der Waals surface area (Å²) < 4.78 is 23.9. The quantitative estimate of drug-likeness (QED) is 0.154. The summed E-state index contributed by atoms with van der Waals surface area (Å²) in [4.78, 5) is 5.14. The molecule has 0 saturated heterocycles. The maximum atomic E-state index is 6.67. The fraction of sp³-hybridized carbons (Fsp3) is 0.0938. The van der Waals surface area contributed by atoms with Gasteiger partial charge in [0.2, 0.25) is 6.71 Å². The Hall–Kier alpha value is -8.11. The molecule has 4 aliphatic rings. The molecule has 11 aromatic rings. The van der Waals surface area contributed by atoms with Crippen LogP contribution in [-0.4, -0.2) is 33.0 Å². The number of rotatable bonds is 6. The van der Waals surface area contributed by atoms with Crippen molar-refractivity contribution in [1.82, 2.24) is 19.6 Å². The second-order valence-corrected chi connectivity index (χ2v) is 22.8. The predicted octanol–water partition coefficient (Wildman–Crippen LogP) is 12.3. The first-order chi connectivity index (χ1) is 36.6. The summed E-state index contributed by atoms with van der Waals surface area (Å²) in [5, 5.41) is 9.83. The number of hydrogen-bond donors (Lipinski definition) is 0. The largest absolute Gasteiger partial charge is 0.464 e. The number of benzene rings is 8. The lowest BCUT2D eigenvalue weighted by atomic mass is 9.34. The first-order valence-corrected chi connectivity index (χ1v) is 27.1. The Labute approximate surface area is 444 Å². The van der Waals surface area contributed by atoms with Crippen molar-refractivity contribution in [2.75, 3.05) is 0 Å². The van der Waals surface area contributed by atoms with Gasteiger partial charge in [-0.25, -0.2) is 9.36 Å². The molecule has 0 bridgehead atoms. The molecule has 0 atom stereocenters. The van der Waals surface area contributed by atoms with E-state index in [4.69, 9.17) is 24.1 Å². The monoisotopic (exact) mass is 1000 g/mol. The Balaban J connectivity index is 0.778. The van der Waals surface area contributed by atoms with Crippen molar-refractivity contribution in [3.05, 3.63) is 204 Å². The highest BCUT2D eigenvalue weighted by molar-refractivity contribution is 8.01. The molecule has 7 heterocycles. The zero-order valence-corrected chi connectivity index (χ0v) is 43.8. The minimum absolute atomic E-state index is 0.0443. The van der Waals surface area contributed by atoms with Gasteiger partial charge in [-0.05, 0) is 176 Å². The molecule has 75 heavy (non-hydrogen) atoms. The first kappa shape index (κ1) is 44.4. The number of nitrogens with zero attached hydrogens (tertiary/aromatic N) is 4. The van der Waals surface area contributed by atoms with Crippen LogP contribution < -0.4 is 42.3 Å². The van der Waals surface area contributed by atoms with E-state index in [-0.39, 0.29) is 13.4 Å². The molecule has 0 fully saturated rings. The number of hydrogen-bond acceptors (Lipinski definition) is 7. The van der Waals surface area contributed by atoms with E-state index in [9.17, 15) is 0 Å². The van der Waals surface area contributed by atoms with E-state index in [2.05, 4.69) is 175 Å². The van der Waals surface area contributed by atoms with Crippen molar-refractivity contribution in [3.8, 4) is 79.1 Å². The maximum Gasteiger partial charge on any atom is 0.260 e. The van der Waals surface area contributed by atoms with Crippen LogP contribution in [0.3, 0.4) is 0 Å². The summed E-state index contributed by atoms with van der Waals surface area (Å²) >= 11 is 3.73. The molecule has 0 N–H and O–H groups in total. The van der Waals surface area contributed by atoms with Crippen molar-refractivity contribution < 1.29 is 13.9 Å². The highest BCUT2D eigenvalue weighted by atomic mass is 32.2. The Morgan fingerprint density at radius 3 is 1.53 bits per heavy atom. The van der Waals surface area contributed by atoms with Crippen molar-refractivity contribution in [2.24, 2.45) is 0 Å². The van der Waals surface area contributed by atoms with E-state index in [0.717, 1.165) is 84.3 Å². The highest BCUT2D eigenvalue weighted by Gasteiger charge is 2.41. The van der Waals surface area contributed by atoms with Gasteiger partial charge in [-0.3, -0.25) is 0 Å². The van der Waals surface area contributed by atoms with Crippen molar-refractivity contribution in [2.45, 2.75) is 61.1 Å². The second-order valence-electron chi connectivity index (χ2n) is 20.7. The highest BCUT2D eigenvalue weighted by Crippen LogP contribution is 2.42. The van der Waals surface area contributed by atoms with Gasteiger partial charge >= 0.3 is 0 Å². The third-order valence-corrected chi connectivity index (χ3v) is 17.9. The smallest absolute Gasteiger partial charge is 0.260 e. The maximum absolute atomic E-state index is 6.67. The molecule has 0 radical (unpaired) electrons. The van der Waals surface area contributed by atoms with Gasteiger partial charge in [-0.1, -0.05) is 106 Å². The van der Waals surface area contributed by atoms with Gasteiger partial charge in [-0.15, -0.1) is 0 Å². The molecule has 4 aliphatic heterocycles. The normalized spacial score (nSPS) is 13.3. The number of aryl methyl sites for hydroxylation is 6. The SMILES string of the molecule is Cc1cc(C)c(-c2cnn(-c3ccc4c(c3)B3c5cc(-c6coc(-c7ccc8c(c7)B7c9cc(-n%10cc(-c%11c(C)cc(C)cc%11C)cn%10)ccc9Sc9cccc(c97)S8)c6)ccc5Oc5cccc(c53)O4)c2)c(C)c1. The first-order valence-electron chi connectivity index (χ1n) is 25.5. The number of ether oxygens (including phenoxy) is 2. The van der Waals surface area contributed by atoms with Crippen LogP contribution in [-0.2, 0) is 0 Å². The molecule has 0 saturated carbocycles. The molecule has 0 spiro atoms. The van der Waals surface area contributed by atoms with Gasteiger partial charge in [0.05, 0.1) is 30.0 Å². The van der Waals surface area contributed by atoms with E-state index in [1.807, 2.05) is 69.7 Å². The summed E-state index contributed by atoms with van der Waals surface area (Å²) in [5.74, 6) is 4.08. The molecule has 11 heteroatoms. The van der Waals surface area contributed by atoms with Crippen molar-refractivity contribution >= 4 is 69.7 Å². The fourth-order valence-corrected chi connectivity index (χ4v) is 14.9. The van der Waals surface area contributed by atoms with Crippen molar-refractivity contribution in [3.63, 3.8) is 0 Å². The average molecular weight is 1000 g/mol. The predicted molar refractivity (Wildman–Crippen MR) is 307 cm³/mol. The lowest BCUT2D eigenvalue weighted by Gasteiger charge is -2.33. The number of aromatic nitrogens is 4. The van der Waals surface area contributed by atoms with Crippen LogP contribution in [0.25, 0.3) is 56.1 Å². The molecule has 8 aromatic carbocycles. The van der Waals surface area contributed by atoms with Gasteiger partial charge in [0.25, 0.3) is 6.71 Å². The van der Waals surface area contributed by atoms with Crippen LogP contribution in [0.2, 0.25) is 0 Å². The standard InChI is InChI=1S/C64H46B2N4O3S2/c1-35-21-37(3)61(38(4)22-35)44-30-67-69(32-44)46-15-18-53-49(28-46)65-48-25-41(13-17-52(48)72-54-9-7-10-55(73-53)63(54)65)43-27-56(71-34-43)42-14-19-57-50(26-42)66-51-29-47(16-20-58(51)75-60-12-8-11-59(74-57)64(60)66)70-33-45(31-68-70)62-39(5)23-36(2)24-40(62)6/h7-34H,1-6H3. The van der Waals surface area contributed by atoms with Crippen LogP contribution >= 0.6 is 23.5 Å². The van der Waals surface area contributed by atoms with Crippen LogP contribution in [0.1, 0.15) is 33.4 Å². The Kier molecular flexibility index (Phi) is 9.88. The van der Waals surface area contributed by atoms with E-state index in [1.165, 1.54) is 80.5 Å². The minimum Gasteiger partial charge on any atom is -0.464 e. The number of furan rings is 1. The zero-order valence-electron chi connectivity index (χ0n) is 42.2. The molecular formula is C64H46B2N4O3S2.